The average molecular weight is 500 g/mol. The molecule has 3 aromatic carbocycles. The van der Waals surface area contributed by atoms with Crippen LogP contribution < -0.4 is 16.0 Å². The second-order valence-electron chi connectivity index (χ2n) is 9.23. The number of carbonyl (C=O) groups excluding carboxylic acids is 2. The Bertz CT molecular complexity index is 1290. The van der Waals surface area contributed by atoms with Gasteiger partial charge in [-0.05, 0) is 86.3 Å². The van der Waals surface area contributed by atoms with E-state index >= 15 is 0 Å². The van der Waals surface area contributed by atoms with Crippen molar-refractivity contribution in [2.45, 2.75) is 25.8 Å². The molecule has 1 saturated heterocycles. The van der Waals surface area contributed by atoms with E-state index in [-0.39, 0.29) is 11.7 Å². The molecule has 7 nitrogen and oxygen atoms in total. The fourth-order valence-corrected chi connectivity index (χ4v) is 4.70. The molecule has 4 rings (SSSR count). The van der Waals surface area contributed by atoms with E-state index < -0.39 is 6.03 Å². The first-order chi connectivity index (χ1) is 17.9. The Labute approximate surface area is 216 Å². The highest BCUT2D eigenvalue weighted by Gasteiger charge is 2.23. The van der Waals surface area contributed by atoms with Gasteiger partial charge in [0, 0.05) is 36.1 Å². The Morgan fingerprint density at radius 1 is 1.03 bits per heavy atom. The lowest BCUT2D eigenvalue weighted by atomic mass is 9.90. The van der Waals surface area contributed by atoms with Gasteiger partial charge in [-0.25, -0.2) is 9.18 Å². The maximum atomic E-state index is 13.2. The molecule has 8 heteroatoms. The molecule has 0 bridgehead atoms. The van der Waals surface area contributed by atoms with E-state index in [0.717, 1.165) is 43.5 Å². The molecule has 0 radical (unpaired) electrons. The SMILES string of the molecule is CNC(=O)c1cccc(NC(=O)Nc2cccc(C#N)c2)c1CN1CCC(Cc2ccc(F)cc2)CC1. The Balaban J connectivity index is 1.44. The summed E-state index contributed by atoms with van der Waals surface area (Å²) in [6.07, 6.45) is 2.92. The van der Waals surface area contributed by atoms with E-state index in [0.29, 0.717) is 35.0 Å². The van der Waals surface area contributed by atoms with Crippen molar-refractivity contribution in [2.24, 2.45) is 5.92 Å². The van der Waals surface area contributed by atoms with Gasteiger partial charge >= 0.3 is 6.03 Å². The van der Waals surface area contributed by atoms with E-state index in [4.69, 9.17) is 5.26 Å². The van der Waals surface area contributed by atoms with Gasteiger partial charge in [0.05, 0.1) is 11.6 Å². The normalized spacial score (nSPS) is 14.0. The number of piperidine rings is 1. The number of carbonyl (C=O) groups is 2. The van der Waals surface area contributed by atoms with Crippen molar-refractivity contribution in [2.75, 3.05) is 30.8 Å². The molecular weight excluding hydrogens is 469 g/mol. The van der Waals surface area contributed by atoms with Crippen LogP contribution in [0.4, 0.5) is 20.6 Å². The summed E-state index contributed by atoms with van der Waals surface area (Å²) >= 11 is 0. The molecule has 0 aromatic heterocycles. The van der Waals surface area contributed by atoms with E-state index in [1.807, 2.05) is 12.1 Å². The number of rotatable bonds is 7. The molecule has 1 heterocycles. The van der Waals surface area contributed by atoms with E-state index in [1.165, 1.54) is 12.1 Å². The van der Waals surface area contributed by atoms with Gasteiger partial charge < -0.3 is 16.0 Å². The van der Waals surface area contributed by atoms with Crippen LogP contribution in [0.3, 0.4) is 0 Å². The zero-order chi connectivity index (χ0) is 26.2. The lowest BCUT2D eigenvalue weighted by Crippen LogP contribution is -2.35. The first kappa shape index (κ1) is 25.9. The van der Waals surface area contributed by atoms with Gasteiger partial charge in [0.1, 0.15) is 5.82 Å². The highest BCUT2D eigenvalue weighted by Crippen LogP contribution is 2.27. The molecule has 190 valence electrons. The summed E-state index contributed by atoms with van der Waals surface area (Å²) in [6.45, 7) is 2.24. The molecule has 1 aliphatic rings. The summed E-state index contributed by atoms with van der Waals surface area (Å²) < 4.78 is 13.2. The monoisotopic (exact) mass is 499 g/mol. The molecule has 1 fully saturated rings. The standard InChI is InChI=1S/C29H30FN5O2/c1-32-28(36)25-6-3-7-27(34-29(37)33-24-5-2-4-22(17-24)18-31)26(25)19-35-14-12-21(13-15-35)16-20-8-10-23(30)11-9-20/h2-11,17,21H,12-16,19H2,1H3,(H,32,36)(H2,33,34,37). The van der Waals surface area contributed by atoms with Crippen LogP contribution in [0, 0.1) is 23.1 Å². The second-order valence-corrected chi connectivity index (χ2v) is 9.23. The number of nitriles is 1. The van der Waals surface area contributed by atoms with Gasteiger partial charge in [-0.3, -0.25) is 9.69 Å². The van der Waals surface area contributed by atoms with Crippen LogP contribution in [0.1, 0.15) is 39.9 Å². The third kappa shape index (κ3) is 6.93. The number of nitrogens with zero attached hydrogens (tertiary/aromatic N) is 2. The number of amides is 3. The third-order valence-electron chi connectivity index (χ3n) is 6.67. The maximum absolute atomic E-state index is 13.2. The van der Waals surface area contributed by atoms with Gasteiger partial charge in [-0.2, -0.15) is 5.26 Å². The minimum absolute atomic E-state index is 0.216. The van der Waals surface area contributed by atoms with Gasteiger partial charge in [0.25, 0.3) is 5.91 Å². The van der Waals surface area contributed by atoms with Crippen LogP contribution in [0.15, 0.2) is 66.7 Å². The molecule has 0 unspecified atom stereocenters. The maximum Gasteiger partial charge on any atom is 0.323 e. The fourth-order valence-electron chi connectivity index (χ4n) is 4.70. The van der Waals surface area contributed by atoms with E-state index in [2.05, 4.69) is 26.9 Å². The third-order valence-corrected chi connectivity index (χ3v) is 6.67. The average Bonchev–Trinajstić information content (AvgIpc) is 2.91. The Kier molecular flexibility index (Phi) is 8.49. The number of hydrogen-bond donors (Lipinski definition) is 3. The molecule has 0 atom stereocenters. The summed E-state index contributed by atoms with van der Waals surface area (Å²) in [5.74, 6) is 0.0811. The summed E-state index contributed by atoms with van der Waals surface area (Å²) in [5.41, 5.74) is 3.91. The minimum atomic E-state index is -0.455. The van der Waals surface area contributed by atoms with Crippen molar-refractivity contribution in [3.8, 4) is 6.07 Å². The highest BCUT2D eigenvalue weighted by molar-refractivity contribution is 6.02. The Morgan fingerprint density at radius 2 is 1.76 bits per heavy atom. The van der Waals surface area contributed by atoms with Gasteiger partial charge in [0.15, 0.2) is 0 Å². The van der Waals surface area contributed by atoms with Crippen molar-refractivity contribution < 1.29 is 14.0 Å². The minimum Gasteiger partial charge on any atom is -0.355 e. The smallest absolute Gasteiger partial charge is 0.323 e. The molecule has 3 amide bonds. The summed E-state index contributed by atoms with van der Waals surface area (Å²) in [7, 11) is 1.59. The predicted molar refractivity (Wildman–Crippen MR) is 142 cm³/mol. The highest BCUT2D eigenvalue weighted by atomic mass is 19.1. The van der Waals surface area contributed by atoms with E-state index in [1.54, 1.807) is 49.5 Å². The molecule has 3 N–H and O–H groups in total. The van der Waals surface area contributed by atoms with Crippen molar-refractivity contribution in [1.29, 1.82) is 5.26 Å². The molecular formula is C29H30FN5O2. The molecule has 0 spiro atoms. The van der Waals surface area contributed by atoms with Crippen LogP contribution in [-0.2, 0) is 13.0 Å². The van der Waals surface area contributed by atoms with Crippen molar-refractivity contribution in [3.63, 3.8) is 0 Å². The van der Waals surface area contributed by atoms with Crippen LogP contribution in [0.2, 0.25) is 0 Å². The molecule has 37 heavy (non-hydrogen) atoms. The van der Waals surface area contributed by atoms with Gasteiger partial charge in [0.2, 0.25) is 0 Å². The Morgan fingerprint density at radius 3 is 2.46 bits per heavy atom. The van der Waals surface area contributed by atoms with Crippen molar-refractivity contribution >= 4 is 23.3 Å². The van der Waals surface area contributed by atoms with Crippen LogP contribution in [0.25, 0.3) is 0 Å². The fraction of sp³-hybridized carbons (Fsp3) is 0.276. The summed E-state index contributed by atoms with van der Waals surface area (Å²) in [4.78, 5) is 27.7. The number of halogens is 1. The molecule has 1 aliphatic heterocycles. The van der Waals surface area contributed by atoms with Crippen LogP contribution in [0.5, 0.6) is 0 Å². The number of likely N-dealkylation sites (tertiary alicyclic amines) is 1. The van der Waals surface area contributed by atoms with Crippen molar-refractivity contribution in [3.05, 3.63) is 94.8 Å². The molecule has 0 saturated carbocycles. The topological polar surface area (TPSA) is 97.3 Å². The first-order valence-electron chi connectivity index (χ1n) is 12.3. The van der Waals surface area contributed by atoms with Gasteiger partial charge in [-0.15, -0.1) is 0 Å². The van der Waals surface area contributed by atoms with Crippen molar-refractivity contribution in [1.82, 2.24) is 10.2 Å². The summed E-state index contributed by atoms with van der Waals surface area (Å²) in [5, 5.41) is 17.4. The molecule has 3 aromatic rings. The zero-order valence-corrected chi connectivity index (χ0v) is 20.8. The predicted octanol–water partition coefficient (Wildman–Crippen LogP) is 5.16. The number of urea groups is 1. The number of benzene rings is 3. The van der Waals surface area contributed by atoms with E-state index in [9.17, 15) is 14.0 Å². The number of anilines is 2. The largest absolute Gasteiger partial charge is 0.355 e. The second kappa shape index (κ2) is 12.2. The number of nitrogens with one attached hydrogen (secondary N) is 3. The molecule has 0 aliphatic carbocycles. The first-order valence-corrected chi connectivity index (χ1v) is 12.3. The summed E-state index contributed by atoms with van der Waals surface area (Å²) in [6, 6.07) is 20.3. The Hall–Kier alpha value is -4.22. The van der Waals surface area contributed by atoms with Crippen LogP contribution >= 0.6 is 0 Å². The zero-order valence-electron chi connectivity index (χ0n) is 20.8. The lowest BCUT2D eigenvalue weighted by Gasteiger charge is -2.33. The van der Waals surface area contributed by atoms with Gasteiger partial charge in [-0.1, -0.05) is 24.3 Å². The van der Waals surface area contributed by atoms with Crippen LogP contribution in [-0.4, -0.2) is 37.0 Å². The number of hydrogen-bond acceptors (Lipinski definition) is 4. The quantitative estimate of drug-likeness (QED) is 0.419. The lowest BCUT2D eigenvalue weighted by molar-refractivity contribution is 0.0960.